The van der Waals surface area contributed by atoms with Gasteiger partial charge < -0.3 is 9.64 Å². The average molecular weight is 279 g/mol. The number of amides is 1. The molecule has 2 rings (SSSR count). The zero-order valence-electron chi connectivity index (χ0n) is 11.5. The third-order valence-corrected chi connectivity index (χ3v) is 3.33. The molecule has 1 aromatic rings. The zero-order chi connectivity index (χ0) is 14.5. The number of likely N-dealkylation sites (tertiary alicyclic amines) is 1. The highest BCUT2D eigenvalue weighted by Crippen LogP contribution is 2.21. The molecule has 1 fully saturated rings. The van der Waals surface area contributed by atoms with Crippen molar-refractivity contribution >= 4 is 11.9 Å². The van der Waals surface area contributed by atoms with Crippen LogP contribution in [0, 0.1) is 5.82 Å². The first kappa shape index (κ1) is 14.5. The summed E-state index contributed by atoms with van der Waals surface area (Å²) in [4.78, 5) is 25.8. The Morgan fingerprint density at radius 2 is 2.05 bits per heavy atom. The van der Waals surface area contributed by atoms with Crippen molar-refractivity contribution in [1.29, 1.82) is 0 Å². The maximum Gasteiger partial charge on any atom is 0.328 e. The average Bonchev–Trinajstić information content (AvgIpc) is 2.94. The van der Waals surface area contributed by atoms with Gasteiger partial charge in [-0.1, -0.05) is 6.92 Å². The number of hydrogen-bond donors (Lipinski definition) is 0. The van der Waals surface area contributed by atoms with Gasteiger partial charge in [-0.2, -0.15) is 0 Å². The number of carbonyl (C=O) groups excluding carboxylic acids is 2. The number of ether oxygens (including phenoxy) is 1. The van der Waals surface area contributed by atoms with Crippen molar-refractivity contribution < 1.29 is 18.7 Å². The van der Waals surface area contributed by atoms with Crippen molar-refractivity contribution in [3.63, 3.8) is 0 Å². The summed E-state index contributed by atoms with van der Waals surface area (Å²) in [6, 6.07) is 4.84. The molecule has 1 aliphatic rings. The van der Waals surface area contributed by atoms with Gasteiger partial charge in [-0.05, 0) is 43.5 Å². The molecular weight excluding hydrogens is 261 g/mol. The van der Waals surface area contributed by atoms with E-state index >= 15 is 0 Å². The maximum absolute atomic E-state index is 12.9. The van der Waals surface area contributed by atoms with Crippen LogP contribution in [0.1, 0.15) is 36.5 Å². The highest BCUT2D eigenvalue weighted by atomic mass is 19.1. The van der Waals surface area contributed by atoms with Crippen LogP contribution in [0.3, 0.4) is 0 Å². The van der Waals surface area contributed by atoms with Crippen LogP contribution in [0.15, 0.2) is 24.3 Å². The summed E-state index contributed by atoms with van der Waals surface area (Å²) in [5.74, 6) is -0.984. The summed E-state index contributed by atoms with van der Waals surface area (Å²) in [5, 5.41) is 0. The Morgan fingerprint density at radius 3 is 2.70 bits per heavy atom. The number of nitrogens with zero attached hydrogens (tertiary/aromatic N) is 1. The van der Waals surface area contributed by atoms with Gasteiger partial charge in [-0.15, -0.1) is 0 Å². The van der Waals surface area contributed by atoms with Gasteiger partial charge in [-0.25, -0.2) is 9.18 Å². The monoisotopic (exact) mass is 279 g/mol. The van der Waals surface area contributed by atoms with Crippen LogP contribution in [0.4, 0.5) is 4.39 Å². The van der Waals surface area contributed by atoms with Crippen molar-refractivity contribution in [3.8, 4) is 0 Å². The van der Waals surface area contributed by atoms with Crippen molar-refractivity contribution in [2.75, 3.05) is 13.2 Å². The predicted octanol–water partition coefficient (Wildman–Crippen LogP) is 2.38. The minimum Gasteiger partial charge on any atom is -0.464 e. The minimum absolute atomic E-state index is 0.249. The van der Waals surface area contributed by atoms with Crippen LogP contribution >= 0.6 is 0 Å². The Kier molecular flexibility index (Phi) is 4.71. The molecule has 4 nitrogen and oxygen atoms in total. The Bertz CT molecular complexity index is 486. The van der Waals surface area contributed by atoms with Crippen LogP contribution in [0.25, 0.3) is 0 Å². The highest BCUT2D eigenvalue weighted by Gasteiger charge is 2.35. The number of hydrogen-bond acceptors (Lipinski definition) is 3. The van der Waals surface area contributed by atoms with Crippen molar-refractivity contribution in [3.05, 3.63) is 35.6 Å². The van der Waals surface area contributed by atoms with Crippen LogP contribution in [0.5, 0.6) is 0 Å². The maximum atomic E-state index is 12.9. The van der Waals surface area contributed by atoms with Crippen LogP contribution in [-0.2, 0) is 9.53 Å². The van der Waals surface area contributed by atoms with Gasteiger partial charge in [-0.3, -0.25) is 4.79 Å². The van der Waals surface area contributed by atoms with E-state index < -0.39 is 6.04 Å². The van der Waals surface area contributed by atoms with E-state index in [0.29, 0.717) is 25.1 Å². The van der Waals surface area contributed by atoms with Crippen LogP contribution in [-0.4, -0.2) is 36.0 Å². The number of halogens is 1. The molecule has 1 heterocycles. The van der Waals surface area contributed by atoms with Crippen LogP contribution in [0.2, 0.25) is 0 Å². The molecule has 0 aromatic heterocycles. The lowest BCUT2D eigenvalue weighted by Crippen LogP contribution is -2.41. The molecule has 0 saturated carbocycles. The fourth-order valence-corrected chi connectivity index (χ4v) is 2.31. The second-order valence-electron chi connectivity index (χ2n) is 4.83. The molecule has 5 heteroatoms. The molecule has 0 bridgehead atoms. The van der Waals surface area contributed by atoms with Gasteiger partial charge in [0.05, 0.1) is 6.61 Å². The van der Waals surface area contributed by atoms with Crippen molar-refractivity contribution in [1.82, 2.24) is 4.90 Å². The lowest BCUT2D eigenvalue weighted by atomic mass is 10.1. The van der Waals surface area contributed by atoms with E-state index in [1.807, 2.05) is 6.92 Å². The Hall–Kier alpha value is -1.91. The number of esters is 1. The molecule has 1 atom stereocenters. The van der Waals surface area contributed by atoms with E-state index in [-0.39, 0.29) is 17.7 Å². The summed E-state index contributed by atoms with van der Waals surface area (Å²) in [6.07, 6.45) is 2.15. The first-order valence-corrected chi connectivity index (χ1v) is 6.86. The normalized spacial score (nSPS) is 18.1. The molecule has 1 aromatic carbocycles. The standard InChI is InChI=1S/C15H18FNO3/c1-2-10-20-15(19)13-4-3-9-17(13)14(18)11-5-7-12(16)8-6-11/h5-8,13H,2-4,9-10H2,1H3. The third-order valence-electron chi connectivity index (χ3n) is 3.33. The topological polar surface area (TPSA) is 46.6 Å². The quantitative estimate of drug-likeness (QED) is 0.795. The Balaban J connectivity index is 2.08. The fourth-order valence-electron chi connectivity index (χ4n) is 2.31. The second kappa shape index (κ2) is 6.50. The molecule has 0 aliphatic carbocycles. The third kappa shape index (κ3) is 3.15. The summed E-state index contributed by atoms with van der Waals surface area (Å²) in [6.45, 7) is 2.82. The molecule has 0 spiro atoms. The number of carbonyl (C=O) groups is 2. The van der Waals surface area contributed by atoms with Gasteiger partial charge in [0.15, 0.2) is 0 Å². The Morgan fingerprint density at radius 1 is 1.35 bits per heavy atom. The molecule has 0 N–H and O–H groups in total. The molecule has 1 unspecified atom stereocenters. The molecule has 1 saturated heterocycles. The lowest BCUT2D eigenvalue weighted by molar-refractivity contribution is -0.148. The summed E-state index contributed by atoms with van der Waals surface area (Å²) in [7, 11) is 0. The molecule has 0 radical (unpaired) electrons. The second-order valence-corrected chi connectivity index (χ2v) is 4.83. The van der Waals surface area contributed by atoms with Gasteiger partial charge in [0.25, 0.3) is 5.91 Å². The molecule has 1 amide bonds. The summed E-state index contributed by atoms with van der Waals surface area (Å²) < 4.78 is 18.0. The van der Waals surface area contributed by atoms with E-state index in [9.17, 15) is 14.0 Å². The number of rotatable bonds is 4. The van der Waals surface area contributed by atoms with Crippen LogP contribution < -0.4 is 0 Å². The van der Waals surface area contributed by atoms with Gasteiger partial charge >= 0.3 is 5.97 Å². The van der Waals surface area contributed by atoms with E-state index in [1.165, 1.54) is 29.2 Å². The Labute approximate surface area is 117 Å². The zero-order valence-corrected chi connectivity index (χ0v) is 11.5. The molecule has 20 heavy (non-hydrogen) atoms. The predicted molar refractivity (Wildman–Crippen MR) is 71.7 cm³/mol. The summed E-state index contributed by atoms with van der Waals surface area (Å²) >= 11 is 0. The van der Waals surface area contributed by atoms with Crippen molar-refractivity contribution in [2.24, 2.45) is 0 Å². The molecule has 1 aliphatic heterocycles. The largest absolute Gasteiger partial charge is 0.464 e. The highest BCUT2D eigenvalue weighted by molar-refractivity contribution is 5.97. The van der Waals surface area contributed by atoms with E-state index in [0.717, 1.165) is 12.8 Å². The summed E-state index contributed by atoms with van der Waals surface area (Å²) in [5.41, 5.74) is 0.390. The van der Waals surface area contributed by atoms with E-state index in [4.69, 9.17) is 4.74 Å². The fraction of sp³-hybridized carbons (Fsp3) is 0.467. The lowest BCUT2D eigenvalue weighted by Gasteiger charge is -2.23. The van der Waals surface area contributed by atoms with Gasteiger partial charge in [0.2, 0.25) is 0 Å². The minimum atomic E-state index is -0.515. The van der Waals surface area contributed by atoms with E-state index in [1.54, 1.807) is 0 Å². The van der Waals surface area contributed by atoms with Crippen molar-refractivity contribution in [2.45, 2.75) is 32.2 Å². The molecule has 108 valence electrons. The first-order chi connectivity index (χ1) is 9.63. The molecular formula is C15H18FNO3. The van der Waals surface area contributed by atoms with Gasteiger partial charge in [0.1, 0.15) is 11.9 Å². The smallest absolute Gasteiger partial charge is 0.328 e. The SMILES string of the molecule is CCCOC(=O)C1CCCN1C(=O)c1ccc(F)cc1. The number of benzene rings is 1. The first-order valence-electron chi connectivity index (χ1n) is 6.86. The van der Waals surface area contributed by atoms with E-state index in [2.05, 4.69) is 0 Å². The van der Waals surface area contributed by atoms with Gasteiger partial charge in [0, 0.05) is 12.1 Å².